The van der Waals surface area contributed by atoms with Crippen molar-refractivity contribution in [3.05, 3.63) is 93.8 Å². The second-order valence-electron chi connectivity index (χ2n) is 6.87. The van der Waals surface area contributed by atoms with Crippen molar-refractivity contribution in [2.75, 3.05) is 12.0 Å². The molecule has 1 N–H and O–H groups in total. The number of anilines is 1. The predicted molar refractivity (Wildman–Crippen MR) is 122 cm³/mol. The maximum Gasteiger partial charge on any atom is 0.333 e. The highest BCUT2D eigenvalue weighted by Crippen LogP contribution is 2.35. The van der Waals surface area contributed by atoms with Crippen molar-refractivity contribution in [2.24, 2.45) is 0 Å². The minimum atomic E-state index is -0.527. The van der Waals surface area contributed by atoms with E-state index in [2.05, 4.69) is 21.2 Å². The van der Waals surface area contributed by atoms with Crippen LogP contribution in [0.25, 0.3) is 6.08 Å². The molecule has 1 aliphatic heterocycles. The number of nitrogens with one attached hydrogen (secondary N) is 1. The van der Waals surface area contributed by atoms with Gasteiger partial charge in [0.05, 0.1) is 12.8 Å². The standard InChI is InChI=1S/C24H18BrFN2O4/c1-31-21-12-16(18(25)13-22(21)32-14-15-7-5-6-10-19(15)26)11-20-23(29)28(24(30)27-20)17-8-3-2-4-9-17/h2-13H,14H2,1H3,(H,27,30). The first kappa shape index (κ1) is 21.6. The molecular weight excluding hydrogens is 479 g/mol. The van der Waals surface area contributed by atoms with E-state index in [1.807, 2.05) is 0 Å². The fraction of sp³-hybridized carbons (Fsp3) is 0.0833. The Kier molecular flexibility index (Phi) is 6.23. The van der Waals surface area contributed by atoms with Gasteiger partial charge >= 0.3 is 6.03 Å². The number of urea groups is 1. The topological polar surface area (TPSA) is 67.9 Å². The molecule has 32 heavy (non-hydrogen) atoms. The molecule has 0 aromatic heterocycles. The first-order chi connectivity index (χ1) is 15.5. The van der Waals surface area contributed by atoms with Gasteiger partial charge in [-0.3, -0.25) is 4.79 Å². The van der Waals surface area contributed by atoms with E-state index in [-0.39, 0.29) is 18.1 Å². The van der Waals surface area contributed by atoms with Crippen molar-refractivity contribution >= 4 is 39.6 Å². The third-order valence-electron chi connectivity index (χ3n) is 4.82. The fourth-order valence-corrected chi connectivity index (χ4v) is 3.64. The molecule has 0 aliphatic carbocycles. The van der Waals surface area contributed by atoms with Crippen LogP contribution in [-0.2, 0) is 11.4 Å². The fourth-order valence-electron chi connectivity index (χ4n) is 3.21. The van der Waals surface area contributed by atoms with E-state index in [0.717, 1.165) is 4.90 Å². The quantitative estimate of drug-likeness (QED) is 0.372. The Morgan fingerprint density at radius 1 is 1.03 bits per heavy atom. The molecule has 1 heterocycles. The van der Waals surface area contributed by atoms with Crippen LogP contribution in [-0.4, -0.2) is 19.0 Å². The highest BCUT2D eigenvalue weighted by molar-refractivity contribution is 9.10. The zero-order chi connectivity index (χ0) is 22.7. The zero-order valence-corrected chi connectivity index (χ0v) is 18.6. The Morgan fingerprint density at radius 2 is 1.75 bits per heavy atom. The Bertz CT molecular complexity index is 1210. The van der Waals surface area contributed by atoms with E-state index in [9.17, 15) is 14.0 Å². The smallest absolute Gasteiger partial charge is 0.333 e. The van der Waals surface area contributed by atoms with E-state index >= 15 is 0 Å². The lowest BCUT2D eigenvalue weighted by Gasteiger charge is -2.13. The third kappa shape index (κ3) is 4.36. The number of amides is 3. The van der Waals surface area contributed by atoms with E-state index in [4.69, 9.17) is 9.47 Å². The lowest BCUT2D eigenvalue weighted by atomic mass is 10.1. The number of ether oxygens (including phenoxy) is 2. The summed E-state index contributed by atoms with van der Waals surface area (Å²) in [5.74, 6) is -0.0251. The molecule has 0 spiro atoms. The second kappa shape index (κ2) is 9.23. The highest BCUT2D eigenvalue weighted by Gasteiger charge is 2.34. The first-order valence-corrected chi connectivity index (χ1v) is 10.4. The van der Waals surface area contributed by atoms with Gasteiger partial charge in [-0.2, -0.15) is 0 Å². The normalized spacial score (nSPS) is 14.6. The van der Waals surface area contributed by atoms with Crippen LogP contribution in [0.4, 0.5) is 14.9 Å². The molecule has 4 rings (SSSR count). The molecule has 3 aromatic rings. The third-order valence-corrected chi connectivity index (χ3v) is 5.50. The number of carbonyl (C=O) groups is 2. The van der Waals surface area contributed by atoms with Gasteiger partial charge in [-0.05, 0) is 42.0 Å². The molecule has 3 amide bonds. The minimum Gasteiger partial charge on any atom is -0.493 e. The summed E-state index contributed by atoms with van der Waals surface area (Å²) in [6.45, 7) is 0.0243. The van der Waals surface area contributed by atoms with Gasteiger partial charge in [0.15, 0.2) is 11.5 Å². The van der Waals surface area contributed by atoms with Crippen LogP contribution in [0, 0.1) is 5.82 Å². The summed E-state index contributed by atoms with van der Waals surface area (Å²) in [5, 5.41) is 2.60. The number of para-hydroxylation sites is 1. The van der Waals surface area contributed by atoms with Gasteiger partial charge in [0.1, 0.15) is 18.1 Å². The van der Waals surface area contributed by atoms with Crippen LogP contribution >= 0.6 is 15.9 Å². The monoisotopic (exact) mass is 496 g/mol. The Morgan fingerprint density at radius 3 is 2.47 bits per heavy atom. The van der Waals surface area contributed by atoms with Gasteiger partial charge in [0.2, 0.25) is 0 Å². The average molecular weight is 497 g/mol. The second-order valence-corrected chi connectivity index (χ2v) is 7.72. The number of rotatable bonds is 6. The summed E-state index contributed by atoms with van der Waals surface area (Å²) in [6, 6.07) is 17.8. The summed E-state index contributed by atoms with van der Waals surface area (Å²) in [4.78, 5) is 26.2. The van der Waals surface area contributed by atoms with E-state index in [1.54, 1.807) is 66.7 Å². The number of benzene rings is 3. The van der Waals surface area contributed by atoms with E-state index in [0.29, 0.717) is 32.8 Å². The lowest BCUT2D eigenvalue weighted by molar-refractivity contribution is -0.113. The number of carbonyl (C=O) groups excluding carboxylic acids is 2. The number of hydrogen-bond acceptors (Lipinski definition) is 4. The van der Waals surface area contributed by atoms with Gasteiger partial charge in [-0.1, -0.05) is 52.3 Å². The van der Waals surface area contributed by atoms with E-state index in [1.165, 1.54) is 13.2 Å². The van der Waals surface area contributed by atoms with Gasteiger partial charge in [0.25, 0.3) is 5.91 Å². The molecule has 0 radical (unpaired) electrons. The van der Waals surface area contributed by atoms with Crippen molar-refractivity contribution in [2.45, 2.75) is 6.61 Å². The molecule has 1 saturated heterocycles. The molecule has 0 saturated carbocycles. The SMILES string of the molecule is COc1cc(C=C2NC(=O)N(c3ccccc3)C2=O)c(Br)cc1OCc1ccccc1F. The molecule has 0 bridgehead atoms. The summed E-state index contributed by atoms with van der Waals surface area (Å²) in [7, 11) is 1.48. The van der Waals surface area contributed by atoms with Crippen molar-refractivity contribution in [3.63, 3.8) is 0 Å². The highest BCUT2D eigenvalue weighted by atomic mass is 79.9. The summed E-state index contributed by atoms with van der Waals surface area (Å²) in [5.41, 5.74) is 1.62. The number of nitrogens with zero attached hydrogens (tertiary/aromatic N) is 1. The molecule has 8 heteroatoms. The number of imide groups is 1. The lowest BCUT2D eigenvalue weighted by Crippen LogP contribution is -2.30. The molecule has 6 nitrogen and oxygen atoms in total. The maximum atomic E-state index is 13.9. The molecule has 1 fully saturated rings. The van der Waals surface area contributed by atoms with Gasteiger partial charge in [0, 0.05) is 10.0 Å². The number of halogens is 2. The molecule has 3 aromatic carbocycles. The Labute approximate surface area is 192 Å². The minimum absolute atomic E-state index is 0.0243. The Hall–Kier alpha value is -3.65. The van der Waals surface area contributed by atoms with Crippen LogP contribution < -0.4 is 19.7 Å². The van der Waals surface area contributed by atoms with Gasteiger partial charge in [-0.15, -0.1) is 0 Å². The van der Waals surface area contributed by atoms with Crippen LogP contribution in [0.15, 0.2) is 76.9 Å². The van der Waals surface area contributed by atoms with E-state index < -0.39 is 11.9 Å². The predicted octanol–water partition coefficient (Wildman–Crippen LogP) is 5.27. The average Bonchev–Trinajstić information content (AvgIpc) is 3.08. The van der Waals surface area contributed by atoms with Crippen LogP contribution in [0.2, 0.25) is 0 Å². The molecule has 1 aliphatic rings. The molecule has 162 valence electrons. The molecule has 0 atom stereocenters. The number of hydrogen-bond donors (Lipinski definition) is 1. The first-order valence-electron chi connectivity index (χ1n) is 9.64. The van der Waals surface area contributed by atoms with Gasteiger partial charge in [-0.25, -0.2) is 14.1 Å². The molecular formula is C24H18BrFN2O4. The van der Waals surface area contributed by atoms with Crippen molar-refractivity contribution in [1.29, 1.82) is 0 Å². The molecule has 0 unspecified atom stereocenters. The van der Waals surface area contributed by atoms with Crippen molar-refractivity contribution < 1.29 is 23.5 Å². The van der Waals surface area contributed by atoms with Gasteiger partial charge < -0.3 is 14.8 Å². The number of methoxy groups -OCH3 is 1. The maximum absolute atomic E-state index is 13.9. The summed E-state index contributed by atoms with van der Waals surface area (Å²) in [6.07, 6.45) is 1.55. The Balaban J connectivity index is 1.59. The zero-order valence-electron chi connectivity index (χ0n) is 17.0. The van der Waals surface area contributed by atoms with Crippen LogP contribution in [0.1, 0.15) is 11.1 Å². The van der Waals surface area contributed by atoms with Crippen molar-refractivity contribution in [3.8, 4) is 11.5 Å². The van der Waals surface area contributed by atoms with Crippen molar-refractivity contribution in [1.82, 2.24) is 5.32 Å². The largest absolute Gasteiger partial charge is 0.493 e. The van der Waals surface area contributed by atoms with Crippen LogP contribution in [0.3, 0.4) is 0 Å². The summed E-state index contributed by atoms with van der Waals surface area (Å²) >= 11 is 3.46. The van der Waals surface area contributed by atoms with Crippen LogP contribution in [0.5, 0.6) is 11.5 Å². The summed E-state index contributed by atoms with van der Waals surface area (Å²) < 4.78 is 25.6.